The van der Waals surface area contributed by atoms with Gasteiger partial charge in [0.25, 0.3) is 5.91 Å². The van der Waals surface area contributed by atoms with Crippen LogP contribution in [0.3, 0.4) is 0 Å². The number of anilines is 2. The van der Waals surface area contributed by atoms with Crippen LogP contribution in [0.1, 0.15) is 42.6 Å². The molecule has 2 heterocycles. The van der Waals surface area contributed by atoms with Gasteiger partial charge < -0.3 is 21.1 Å². The molecule has 204 valence electrons. The second kappa shape index (κ2) is 12.6. The number of esters is 1. The second-order valence-corrected chi connectivity index (χ2v) is 9.81. The number of ether oxygens (including phenoxy) is 1. The van der Waals surface area contributed by atoms with Gasteiger partial charge in [-0.25, -0.2) is 4.39 Å². The fraction of sp³-hybridized carbons (Fsp3) is 0.310. The summed E-state index contributed by atoms with van der Waals surface area (Å²) in [4.78, 5) is 41.7. The molecule has 10 heteroatoms. The minimum absolute atomic E-state index is 0.0274. The lowest BCUT2D eigenvalue weighted by molar-refractivity contribution is -0.139. The van der Waals surface area contributed by atoms with E-state index in [-0.39, 0.29) is 30.0 Å². The number of hydrogen-bond acceptors (Lipinski definition) is 7. The summed E-state index contributed by atoms with van der Waals surface area (Å²) in [5.41, 5.74) is 9.12. The lowest BCUT2D eigenvalue weighted by Gasteiger charge is -2.22. The molecule has 4 rings (SSSR count). The van der Waals surface area contributed by atoms with Crippen molar-refractivity contribution in [2.75, 3.05) is 17.2 Å². The van der Waals surface area contributed by atoms with Gasteiger partial charge in [0.15, 0.2) is 5.82 Å². The minimum Gasteiger partial charge on any atom is -0.464 e. The first kappa shape index (κ1) is 27.9. The predicted octanol–water partition coefficient (Wildman–Crippen LogP) is 3.86. The maximum absolute atomic E-state index is 14.0. The molecule has 1 saturated heterocycles. The topological polar surface area (TPSA) is 135 Å². The van der Waals surface area contributed by atoms with Crippen LogP contribution in [-0.4, -0.2) is 41.5 Å². The number of carbonyl (C=O) groups is 3. The number of nitrogens with two attached hydrogens (primary N) is 1. The quantitative estimate of drug-likeness (QED) is 0.291. The molecule has 1 aromatic heterocycles. The van der Waals surface area contributed by atoms with Crippen molar-refractivity contribution in [3.8, 4) is 11.1 Å². The molecule has 0 saturated carbocycles. The minimum atomic E-state index is -0.636. The third kappa shape index (κ3) is 7.04. The third-order valence-electron chi connectivity index (χ3n) is 6.42. The molecule has 1 aliphatic rings. The van der Waals surface area contributed by atoms with E-state index in [0.29, 0.717) is 36.3 Å². The summed E-state index contributed by atoms with van der Waals surface area (Å²) < 4.78 is 19.0. The Morgan fingerprint density at radius 2 is 1.97 bits per heavy atom. The molecule has 0 bridgehead atoms. The highest BCUT2D eigenvalue weighted by Crippen LogP contribution is 2.28. The summed E-state index contributed by atoms with van der Waals surface area (Å²) in [7, 11) is 0. The smallest absolute Gasteiger partial charge is 0.323 e. The molecular weight excluding hydrogens is 501 g/mol. The van der Waals surface area contributed by atoms with Crippen LogP contribution in [-0.2, 0) is 20.9 Å². The number of cyclic esters (lactones) is 1. The van der Waals surface area contributed by atoms with E-state index in [9.17, 15) is 18.8 Å². The summed E-state index contributed by atoms with van der Waals surface area (Å²) in [5.74, 6) is -1.50. The van der Waals surface area contributed by atoms with Crippen molar-refractivity contribution in [3.05, 3.63) is 77.9 Å². The number of rotatable bonds is 10. The van der Waals surface area contributed by atoms with Crippen molar-refractivity contribution in [2.45, 2.75) is 45.3 Å². The number of hydrogen-bond donors (Lipinski definition) is 4. The monoisotopic (exact) mass is 533 g/mol. The average Bonchev–Trinajstić information content (AvgIpc) is 3.33. The maximum atomic E-state index is 14.0. The number of aromatic nitrogens is 1. The predicted molar refractivity (Wildman–Crippen MR) is 146 cm³/mol. The highest BCUT2D eigenvalue weighted by molar-refractivity contribution is 6.05. The van der Waals surface area contributed by atoms with Crippen molar-refractivity contribution in [2.24, 2.45) is 11.7 Å². The van der Waals surface area contributed by atoms with Gasteiger partial charge in [-0.15, -0.1) is 0 Å². The molecule has 1 fully saturated rings. The van der Waals surface area contributed by atoms with Crippen LogP contribution in [0.25, 0.3) is 11.1 Å². The zero-order chi connectivity index (χ0) is 27.9. The Hall–Kier alpha value is -4.15. The summed E-state index contributed by atoms with van der Waals surface area (Å²) in [5, 5.41) is 8.65. The Bertz CT molecular complexity index is 1360. The van der Waals surface area contributed by atoms with Crippen LogP contribution < -0.4 is 21.7 Å². The van der Waals surface area contributed by atoms with Crippen LogP contribution in [0.15, 0.2) is 60.9 Å². The summed E-state index contributed by atoms with van der Waals surface area (Å²) in [6.07, 6.45) is 3.48. The molecule has 5 N–H and O–H groups in total. The number of nitrogens with zero attached hydrogens (tertiary/aromatic N) is 1. The zero-order valence-corrected chi connectivity index (χ0v) is 21.9. The van der Waals surface area contributed by atoms with Crippen molar-refractivity contribution >= 4 is 29.2 Å². The van der Waals surface area contributed by atoms with E-state index in [1.807, 2.05) is 19.9 Å². The highest BCUT2D eigenvalue weighted by atomic mass is 19.1. The van der Waals surface area contributed by atoms with Gasteiger partial charge >= 0.3 is 5.97 Å². The molecule has 2 amide bonds. The fourth-order valence-corrected chi connectivity index (χ4v) is 4.44. The molecule has 0 spiro atoms. The number of carbonyl (C=O) groups excluding carboxylic acids is 3. The van der Waals surface area contributed by atoms with Crippen molar-refractivity contribution in [3.63, 3.8) is 0 Å². The molecular formula is C29H32FN5O4. The van der Waals surface area contributed by atoms with Crippen LogP contribution in [0.4, 0.5) is 15.8 Å². The Labute approximate surface area is 226 Å². The molecule has 39 heavy (non-hydrogen) atoms. The Balaban J connectivity index is 1.55. The summed E-state index contributed by atoms with van der Waals surface area (Å²) in [6.45, 7) is 4.59. The molecule has 9 nitrogen and oxygen atoms in total. The fourth-order valence-electron chi connectivity index (χ4n) is 4.44. The Morgan fingerprint density at radius 1 is 1.15 bits per heavy atom. The first-order valence-electron chi connectivity index (χ1n) is 12.8. The van der Waals surface area contributed by atoms with Gasteiger partial charge in [0.05, 0.1) is 24.5 Å². The van der Waals surface area contributed by atoms with Gasteiger partial charge in [0, 0.05) is 30.4 Å². The van der Waals surface area contributed by atoms with Gasteiger partial charge in [-0.1, -0.05) is 32.0 Å². The normalized spacial score (nSPS) is 15.6. The summed E-state index contributed by atoms with van der Waals surface area (Å²) in [6, 6.07) is 12.6. The molecule has 2 aromatic carbocycles. The van der Waals surface area contributed by atoms with Crippen LogP contribution in [0.5, 0.6) is 0 Å². The van der Waals surface area contributed by atoms with E-state index in [1.165, 1.54) is 12.3 Å². The number of amides is 2. The van der Waals surface area contributed by atoms with Gasteiger partial charge in [0.1, 0.15) is 6.04 Å². The molecule has 2 atom stereocenters. The largest absolute Gasteiger partial charge is 0.464 e. The lowest BCUT2D eigenvalue weighted by Crippen LogP contribution is -2.48. The molecule has 0 aliphatic carbocycles. The Kier molecular flexibility index (Phi) is 9.00. The van der Waals surface area contributed by atoms with Crippen molar-refractivity contribution in [1.82, 2.24) is 10.3 Å². The lowest BCUT2D eigenvalue weighted by atomic mass is 9.96. The number of halogens is 1. The van der Waals surface area contributed by atoms with Crippen LogP contribution in [0.2, 0.25) is 0 Å². The van der Waals surface area contributed by atoms with E-state index in [0.717, 1.165) is 17.3 Å². The first-order chi connectivity index (χ1) is 18.7. The van der Waals surface area contributed by atoms with E-state index >= 15 is 0 Å². The van der Waals surface area contributed by atoms with Crippen molar-refractivity contribution < 1.29 is 23.5 Å². The first-order valence-corrected chi connectivity index (χ1v) is 12.8. The van der Waals surface area contributed by atoms with E-state index in [1.54, 1.807) is 36.4 Å². The van der Waals surface area contributed by atoms with Gasteiger partial charge in [0.2, 0.25) is 5.91 Å². The van der Waals surface area contributed by atoms with Gasteiger partial charge in [-0.3, -0.25) is 24.7 Å². The van der Waals surface area contributed by atoms with Gasteiger partial charge in [-0.2, -0.15) is 0 Å². The van der Waals surface area contributed by atoms with E-state index in [2.05, 4.69) is 20.9 Å². The Morgan fingerprint density at radius 3 is 2.67 bits per heavy atom. The SMILES string of the molecule is CC(C)C[C@H](NC1CCOC1=O)C(=O)Nc1cccc(-c2cc(C(=O)Nc3ccncc3F)ccc2CN)c1. The van der Waals surface area contributed by atoms with E-state index in [4.69, 9.17) is 10.5 Å². The van der Waals surface area contributed by atoms with Gasteiger partial charge in [-0.05, 0) is 59.4 Å². The average molecular weight is 534 g/mol. The molecule has 0 radical (unpaired) electrons. The third-order valence-corrected chi connectivity index (χ3v) is 6.42. The highest BCUT2D eigenvalue weighted by Gasteiger charge is 2.31. The van der Waals surface area contributed by atoms with Crippen LogP contribution >= 0.6 is 0 Å². The standard InChI is InChI=1S/C29H32FN5O4/c1-17(2)12-26(34-25-9-11-39-29(25)38)28(37)33-21-5-3-4-18(13-21)22-14-19(6-7-20(22)15-31)27(36)35-24-8-10-32-16-23(24)30/h3-8,10,13-14,16-17,25-26,34H,9,11-12,15,31H2,1-2H3,(H,33,37)(H,32,35,36)/t25?,26-/m0/s1. The molecule has 1 aliphatic heterocycles. The molecule has 3 aromatic rings. The van der Waals surface area contributed by atoms with E-state index < -0.39 is 23.8 Å². The number of pyridine rings is 1. The zero-order valence-electron chi connectivity index (χ0n) is 21.9. The van der Waals surface area contributed by atoms with Crippen LogP contribution in [0, 0.1) is 11.7 Å². The summed E-state index contributed by atoms with van der Waals surface area (Å²) >= 11 is 0. The number of benzene rings is 2. The second-order valence-electron chi connectivity index (χ2n) is 9.81. The maximum Gasteiger partial charge on any atom is 0.323 e. The number of nitrogens with one attached hydrogen (secondary N) is 3. The molecule has 1 unspecified atom stereocenters. The van der Waals surface area contributed by atoms with Crippen molar-refractivity contribution in [1.29, 1.82) is 0 Å².